The molecule has 0 aliphatic rings. The zero-order valence-electron chi connectivity index (χ0n) is 10.3. The predicted molar refractivity (Wildman–Crippen MR) is 30.0 cm³/mol. The number of quaternary nitrogens is 1. The lowest BCUT2D eigenvalue weighted by Crippen LogP contribution is -2.36. The molecule has 0 aliphatic heterocycles. The molecule has 0 fully saturated rings. The molecule has 0 saturated heterocycles. The SMILES string of the molecule is [2H]C([2H])([2H])[N+](C)(CCO)C([2H])([2H])[2H]. The Morgan fingerprint density at radius 1 is 1.71 bits per heavy atom. The van der Waals surface area contributed by atoms with Crippen molar-refractivity contribution in [2.24, 2.45) is 0 Å². The molecule has 0 aromatic carbocycles. The van der Waals surface area contributed by atoms with Gasteiger partial charge in [0, 0.05) is 0 Å². The number of hydrogen-bond donors (Lipinski definition) is 1. The molecule has 0 unspecified atom stereocenters. The summed E-state index contributed by atoms with van der Waals surface area (Å²) >= 11 is 0. The van der Waals surface area contributed by atoms with Crippen molar-refractivity contribution >= 4 is 0 Å². The topological polar surface area (TPSA) is 20.2 Å². The van der Waals surface area contributed by atoms with E-state index in [9.17, 15) is 0 Å². The van der Waals surface area contributed by atoms with Crippen LogP contribution in [0.25, 0.3) is 0 Å². The fraction of sp³-hybridized carbons (Fsp3) is 1.00. The zero-order chi connectivity index (χ0) is 10.9. The van der Waals surface area contributed by atoms with Gasteiger partial charge in [-0.25, -0.2) is 0 Å². The molecule has 7 heavy (non-hydrogen) atoms. The molecule has 0 amide bonds. The number of rotatable bonds is 2. The van der Waals surface area contributed by atoms with Gasteiger partial charge in [0.1, 0.15) is 6.54 Å². The van der Waals surface area contributed by atoms with E-state index in [2.05, 4.69) is 0 Å². The largest absolute Gasteiger partial charge is 0.391 e. The molecule has 44 valence electrons. The van der Waals surface area contributed by atoms with Crippen molar-refractivity contribution in [3.63, 3.8) is 0 Å². The van der Waals surface area contributed by atoms with E-state index in [-0.39, 0.29) is 6.54 Å². The Labute approximate surface area is 53.4 Å². The van der Waals surface area contributed by atoms with E-state index in [0.717, 1.165) is 7.05 Å². The molecule has 0 radical (unpaired) electrons. The summed E-state index contributed by atoms with van der Waals surface area (Å²) in [5.74, 6) is 0. The average molecular weight is 110 g/mol. The summed E-state index contributed by atoms with van der Waals surface area (Å²) in [5.41, 5.74) is 0. The maximum absolute atomic E-state index is 8.61. The van der Waals surface area contributed by atoms with E-state index < -0.39 is 25.0 Å². The van der Waals surface area contributed by atoms with Crippen LogP contribution < -0.4 is 0 Å². The smallest absolute Gasteiger partial charge is 0.101 e. The summed E-state index contributed by atoms with van der Waals surface area (Å²) in [5, 5.41) is 8.61. The van der Waals surface area contributed by atoms with Crippen molar-refractivity contribution in [3.8, 4) is 0 Å². The van der Waals surface area contributed by atoms with E-state index >= 15 is 0 Å². The van der Waals surface area contributed by atoms with E-state index in [1.807, 2.05) is 0 Å². The zero-order valence-corrected chi connectivity index (χ0v) is 4.31. The van der Waals surface area contributed by atoms with E-state index in [4.69, 9.17) is 13.3 Å². The monoisotopic (exact) mass is 110 g/mol. The minimum Gasteiger partial charge on any atom is -0.391 e. The highest BCUT2D eigenvalue weighted by atomic mass is 16.3. The molecule has 0 aromatic heterocycles. The van der Waals surface area contributed by atoms with Crippen molar-refractivity contribution in [3.05, 3.63) is 0 Å². The van der Waals surface area contributed by atoms with Gasteiger partial charge in [0.15, 0.2) is 0 Å². The van der Waals surface area contributed by atoms with Crippen LogP contribution in [0.15, 0.2) is 0 Å². The minimum absolute atomic E-state index is 0.312. The first-order chi connectivity index (χ1) is 5.56. The third-order valence-electron chi connectivity index (χ3n) is 0.547. The third kappa shape index (κ3) is 5.92. The molecular weight excluding hydrogens is 90.1 g/mol. The molecule has 0 bridgehead atoms. The van der Waals surface area contributed by atoms with E-state index in [1.165, 1.54) is 0 Å². The molecule has 0 spiro atoms. The fourth-order valence-electron chi connectivity index (χ4n) is 0.200. The van der Waals surface area contributed by atoms with Gasteiger partial charge in [-0.3, -0.25) is 0 Å². The van der Waals surface area contributed by atoms with Gasteiger partial charge in [-0.2, -0.15) is 0 Å². The lowest BCUT2D eigenvalue weighted by molar-refractivity contribution is -0.870. The molecule has 0 rings (SSSR count). The number of hydrogen-bond acceptors (Lipinski definition) is 1. The molecule has 0 atom stereocenters. The highest BCUT2D eigenvalue weighted by Gasteiger charge is 2.02. The van der Waals surface area contributed by atoms with Gasteiger partial charge < -0.3 is 9.59 Å². The standard InChI is InChI=1S/C5H14NO/c1-6(2,3)4-5-7/h7H,4-5H2,1-3H3/q+1/i1D3,2D3. The Balaban J connectivity index is 4.96. The van der Waals surface area contributed by atoms with Gasteiger partial charge in [-0.05, 0) is 0 Å². The quantitative estimate of drug-likeness (QED) is 0.483. The number of aliphatic hydroxyl groups is 1. The maximum Gasteiger partial charge on any atom is 0.101 e. The van der Waals surface area contributed by atoms with Crippen LogP contribution in [0.4, 0.5) is 0 Å². The number of likely N-dealkylation sites (N-methyl/N-ethyl adjacent to an activating group) is 1. The molecule has 2 heteroatoms. The molecular formula is C5H14NO+. The molecule has 0 saturated carbocycles. The second-order valence-electron chi connectivity index (χ2n) is 1.64. The fourth-order valence-corrected chi connectivity index (χ4v) is 0.200. The second-order valence-corrected chi connectivity index (χ2v) is 1.64. The van der Waals surface area contributed by atoms with Crippen LogP contribution in [-0.2, 0) is 0 Å². The Bertz CT molecular complexity index is 159. The molecule has 2 nitrogen and oxygen atoms in total. The van der Waals surface area contributed by atoms with Crippen LogP contribution in [0.3, 0.4) is 0 Å². The van der Waals surface area contributed by atoms with Gasteiger partial charge in [-0.15, -0.1) is 0 Å². The van der Waals surface area contributed by atoms with Gasteiger partial charge in [0.2, 0.25) is 0 Å². The van der Waals surface area contributed by atoms with Crippen molar-refractivity contribution in [2.75, 3.05) is 34.2 Å². The van der Waals surface area contributed by atoms with Gasteiger partial charge in [0.05, 0.1) is 35.8 Å². The van der Waals surface area contributed by atoms with Gasteiger partial charge in [0.25, 0.3) is 0 Å². The highest BCUT2D eigenvalue weighted by molar-refractivity contribution is 4.19. The minimum atomic E-state index is -2.64. The van der Waals surface area contributed by atoms with E-state index in [0.29, 0.717) is 0 Å². The lowest BCUT2D eigenvalue weighted by Gasteiger charge is -2.21. The van der Waals surface area contributed by atoms with Crippen molar-refractivity contribution in [1.82, 2.24) is 0 Å². The van der Waals surface area contributed by atoms with Crippen LogP contribution >= 0.6 is 0 Å². The lowest BCUT2D eigenvalue weighted by atomic mass is 10.5. The number of nitrogens with zero attached hydrogens (tertiary/aromatic N) is 1. The van der Waals surface area contributed by atoms with Crippen LogP contribution in [0.2, 0.25) is 0 Å². The highest BCUT2D eigenvalue weighted by Crippen LogP contribution is 1.84. The maximum atomic E-state index is 8.61. The summed E-state index contributed by atoms with van der Waals surface area (Å²) in [7, 11) is 1.09. The average Bonchev–Trinajstić information content (AvgIpc) is 1.82. The van der Waals surface area contributed by atoms with Crippen LogP contribution in [0.1, 0.15) is 8.22 Å². The molecule has 0 aromatic rings. The summed E-state index contributed by atoms with van der Waals surface area (Å²) in [6.45, 7) is -6.07. The molecule has 0 aliphatic carbocycles. The van der Waals surface area contributed by atoms with Crippen LogP contribution in [0, 0.1) is 0 Å². The summed E-state index contributed by atoms with van der Waals surface area (Å²) < 4.78 is 41.4. The Morgan fingerprint density at radius 3 is 2.43 bits per heavy atom. The summed E-state index contributed by atoms with van der Waals surface area (Å²) in [6.07, 6.45) is 0. The van der Waals surface area contributed by atoms with Gasteiger partial charge in [-0.1, -0.05) is 0 Å². The van der Waals surface area contributed by atoms with Crippen molar-refractivity contribution < 1.29 is 17.8 Å². The van der Waals surface area contributed by atoms with Gasteiger partial charge >= 0.3 is 0 Å². The predicted octanol–water partition coefficient (Wildman–Crippen LogP) is -0.315. The molecule has 0 heterocycles. The van der Waals surface area contributed by atoms with Crippen LogP contribution in [0.5, 0.6) is 0 Å². The Kier molecular flexibility index (Phi) is 0.557. The normalized spacial score (nSPS) is 28.3. The molecule has 1 N–H and O–H groups in total. The Hall–Kier alpha value is -0.0800. The van der Waals surface area contributed by atoms with E-state index in [1.54, 1.807) is 0 Å². The summed E-state index contributed by atoms with van der Waals surface area (Å²) in [4.78, 5) is 0. The number of aliphatic hydroxyl groups excluding tert-OH is 1. The summed E-state index contributed by atoms with van der Waals surface area (Å²) in [6, 6.07) is 0. The Morgan fingerprint density at radius 2 is 2.29 bits per heavy atom. The first-order valence-electron chi connectivity index (χ1n) is 5.03. The first-order valence-corrected chi connectivity index (χ1v) is 2.03. The van der Waals surface area contributed by atoms with Crippen molar-refractivity contribution in [1.29, 1.82) is 0 Å². The van der Waals surface area contributed by atoms with Crippen LogP contribution in [-0.4, -0.2) is 43.7 Å². The third-order valence-corrected chi connectivity index (χ3v) is 0.547. The first kappa shape index (κ1) is 1.71. The second kappa shape index (κ2) is 2.28. The van der Waals surface area contributed by atoms with Crippen molar-refractivity contribution in [2.45, 2.75) is 0 Å².